The van der Waals surface area contributed by atoms with Crippen molar-refractivity contribution in [3.05, 3.63) is 76.5 Å². The predicted molar refractivity (Wildman–Crippen MR) is 163 cm³/mol. The van der Waals surface area contributed by atoms with Crippen LogP contribution in [0.25, 0.3) is 11.0 Å². The van der Waals surface area contributed by atoms with Crippen LogP contribution in [0.5, 0.6) is 0 Å². The van der Waals surface area contributed by atoms with Gasteiger partial charge in [0, 0.05) is 50.8 Å². The minimum atomic E-state index is -3.77. The van der Waals surface area contributed by atoms with Gasteiger partial charge in [0.15, 0.2) is 0 Å². The van der Waals surface area contributed by atoms with Gasteiger partial charge in [-0.05, 0) is 93.0 Å². The molecule has 0 amide bonds. The van der Waals surface area contributed by atoms with Crippen LogP contribution in [-0.4, -0.2) is 57.6 Å². The second-order valence-electron chi connectivity index (χ2n) is 11.7. The molecule has 0 N–H and O–H groups in total. The van der Waals surface area contributed by atoms with Crippen LogP contribution in [0.3, 0.4) is 0 Å². The summed E-state index contributed by atoms with van der Waals surface area (Å²) in [5, 5.41) is 8.73. The maximum atomic E-state index is 14.1. The molecule has 42 heavy (non-hydrogen) atoms. The van der Waals surface area contributed by atoms with Crippen molar-refractivity contribution in [1.29, 1.82) is 0 Å². The quantitative estimate of drug-likeness (QED) is 0.296. The van der Waals surface area contributed by atoms with E-state index in [1.54, 1.807) is 29.6 Å². The van der Waals surface area contributed by atoms with Crippen molar-refractivity contribution in [2.75, 3.05) is 18.0 Å². The van der Waals surface area contributed by atoms with E-state index in [1.807, 2.05) is 37.6 Å². The number of pyridine rings is 1. The van der Waals surface area contributed by atoms with E-state index in [9.17, 15) is 13.2 Å². The number of hydrogen-bond acceptors (Lipinski definition) is 7. The molecule has 2 atom stereocenters. The molecular weight excluding hydrogens is 548 g/mol. The topological polar surface area (TPSA) is 101 Å². The van der Waals surface area contributed by atoms with E-state index >= 15 is 0 Å². The minimum Gasteiger partial charge on any atom is -0.351 e. The number of carbonyl (C=O) groups excluding carboxylic acids is 1. The van der Waals surface area contributed by atoms with Gasteiger partial charge in [0.2, 0.25) is 10.0 Å². The monoisotopic (exact) mass is 586 g/mol. The molecule has 0 saturated carbocycles. The van der Waals surface area contributed by atoms with Gasteiger partial charge in [-0.3, -0.25) is 4.79 Å². The third-order valence-corrected chi connectivity index (χ3v) is 10.8. The maximum Gasteiger partial charge on any atom is 0.247 e. The average Bonchev–Trinajstić information content (AvgIpc) is 3.38. The Morgan fingerprint density at radius 3 is 2.74 bits per heavy atom. The lowest BCUT2D eigenvalue weighted by Crippen LogP contribution is -2.45. The molecule has 0 spiro atoms. The van der Waals surface area contributed by atoms with Crippen LogP contribution in [0, 0.1) is 13.8 Å². The highest BCUT2D eigenvalue weighted by atomic mass is 32.2. The number of carbonyl (C=O) groups is 1. The van der Waals surface area contributed by atoms with E-state index < -0.39 is 10.0 Å². The Labute approximate surface area is 247 Å². The second kappa shape index (κ2) is 11.2. The molecule has 1 saturated heterocycles. The Kier molecular flexibility index (Phi) is 7.61. The first-order valence-corrected chi connectivity index (χ1v) is 16.3. The van der Waals surface area contributed by atoms with E-state index in [-0.39, 0.29) is 29.2 Å². The summed E-state index contributed by atoms with van der Waals surface area (Å²) in [6.07, 6.45) is 5.07. The number of piperidine rings is 1. The van der Waals surface area contributed by atoms with Crippen LogP contribution in [0.2, 0.25) is 0 Å². The van der Waals surface area contributed by atoms with Gasteiger partial charge < -0.3 is 4.90 Å². The number of ketones is 1. The van der Waals surface area contributed by atoms with E-state index in [0.29, 0.717) is 18.8 Å². The lowest BCUT2D eigenvalue weighted by atomic mass is 9.83. The molecule has 2 aliphatic heterocycles. The summed E-state index contributed by atoms with van der Waals surface area (Å²) in [4.78, 5) is 19.5. The van der Waals surface area contributed by atoms with Crippen molar-refractivity contribution in [2.45, 2.75) is 83.3 Å². The fourth-order valence-electron chi connectivity index (χ4n) is 6.65. The predicted octanol–water partition coefficient (Wildman–Crippen LogP) is 5.14. The molecule has 2 aliphatic rings. The summed E-state index contributed by atoms with van der Waals surface area (Å²) >= 11 is 0. The van der Waals surface area contributed by atoms with Crippen LogP contribution in [0.15, 0.2) is 53.6 Å². The highest BCUT2D eigenvalue weighted by molar-refractivity contribution is 7.89. The first-order valence-electron chi connectivity index (χ1n) is 14.8. The van der Waals surface area contributed by atoms with Gasteiger partial charge in [-0.1, -0.05) is 29.5 Å². The fourth-order valence-corrected chi connectivity index (χ4v) is 8.25. The number of aryl methyl sites for hydroxylation is 3. The van der Waals surface area contributed by atoms with Crippen molar-refractivity contribution >= 4 is 32.7 Å². The Bertz CT molecular complexity index is 1770. The van der Waals surface area contributed by atoms with Gasteiger partial charge in [0.25, 0.3) is 0 Å². The average molecular weight is 587 g/mol. The second-order valence-corrected chi connectivity index (χ2v) is 13.6. The molecule has 0 radical (unpaired) electrons. The number of benzene rings is 2. The van der Waals surface area contributed by atoms with Crippen molar-refractivity contribution in [2.24, 2.45) is 0 Å². The summed E-state index contributed by atoms with van der Waals surface area (Å²) in [5.41, 5.74) is 6.82. The van der Waals surface area contributed by atoms with E-state index in [2.05, 4.69) is 38.4 Å². The summed E-state index contributed by atoms with van der Waals surface area (Å²) in [6.45, 7) is 9.94. The maximum absolute atomic E-state index is 14.1. The highest BCUT2D eigenvalue weighted by Gasteiger charge is 2.39. The van der Waals surface area contributed by atoms with E-state index in [0.717, 1.165) is 71.2 Å². The molecule has 0 aliphatic carbocycles. The molecule has 9 nitrogen and oxygen atoms in total. The SMILES string of the molecule is CCn1nnc2c(C)c(C(CC(C)=O)c3ccc(C)c(CN4C[C@@H]5CCCCN5c5ncccc5S4(=O)=O)c3)ccc21. The first-order chi connectivity index (χ1) is 20.2. The van der Waals surface area contributed by atoms with Gasteiger partial charge in [-0.15, -0.1) is 5.10 Å². The third kappa shape index (κ3) is 5.00. The molecular formula is C32H38N6O3S. The van der Waals surface area contributed by atoms with Crippen molar-refractivity contribution in [1.82, 2.24) is 24.3 Å². The fraction of sp³-hybridized carbons (Fsp3) is 0.438. The molecule has 1 unspecified atom stereocenters. The molecule has 4 aromatic rings. The third-order valence-electron chi connectivity index (χ3n) is 8.95. The molecule has 1 fully saturated rings. The number of rotatable bonds is 7. The summed E-state index contributed by atoms with van der Waals surface area (Å²) in [7, 11) is -3.77. The van der Waals surface area contributed by atoms with Gasteiger partial charge >= 0.3 is 0 Å². The van der Waals surface area contributed by atoms with Gasteiger partial charge in [-0.25, -0.2) is 18.1 Å². The normalized spacial score (nSPS) is 19.2. The highest BCUT2D eigenvalue weighted by Crippen LogP contribution is 2.37. The Morgan fingerprint density at radius 1 is 1.12 bits per heavy atom. The molecule has 10 heteroatoms. The molecule has 220 valence electrons. The van der Waals surface area contributed by atoms with Gasteiger partial charge in [0.05, 0.1) is 5.52 Å². The number of aromatic nitrogens is 4. The van der Waals surface area contributed by atoms with Crippen LogP contribution in [0.4, 0.5) is 5.82 Å². The smallest absolute Gasteiger partial charge is 0.247 e. The molecule has 2 aromatic heterocycles. The van der Waals surface area contributed by atoms with Crippen molar-refractivity contribution in [3.8, 4) is 0 Å². The summed E-state index contributed by atoms with van der Waals surface area (Å²) in [5.74, 6) is 0.482. The Balaban J connectivity index is 1.40. The van der Waals surface area contributed by atoms with Crippen molar-refractivity contribution < 1.29 is 13.2 Å². The molecule has 6 rings (SSSR count). The number of Topliss-reactive ketones (excluding diaryl/α,β-unsaturated/α-hetero) is 1. The zero-order chi connectivity index (χ0) is 29.6. The van der Waals surface area contributed by atoms with Crippen LogP contribution in [-0.2, 0) is 27.9 Å². The lowest BCUT2D eigenvalue weighted by Gasteiger charge is -2.36. The number of hydrogen-bond donors (Lipinski definition) is 0. The van der Waals surface area contributed by atoms with E-state index in [1.165, 1.54) is 0 Å². The number of anilines is 1. The first kappa shape index (κ1) is 28.5. The van der Waals surface area contributed by atoms with Gasteiger partial charge in [-0.2, -0.15) is 4.31 Å². The van der Waals surface area contributed by atoms with E-state index in [4.69, 9.17) is 0 Å². The number of sulfonamides is 1. The standard InChI is InChI=1S/C32H38N6O3S/c1-5-38-29-14-13-27(23(4)31(29)34-35-38)28(17-22(3)39)24-12-11-21(2)25(18-24)19-36-20-26-9-6-7-16-37(26)32-30(42(36,40)41)10-8-15-33-32/h8,10-15,18,26,28H,5-7,9,16-17,19-20H2,1-4H3/t26-,28?/m0/s1. The lowest BCUT2D eigenvalue weighted by molar-refractivity contribution is -0.117. The molecule has 2 aromatic carbocycles. The van der Waals surface area contributed by atoms with Crippen LogP contribution in [0.1, 0.15) is 73.3 Å². The number of nitrogens with zero attached hydrogens (tertiary/aromatic N) is 6. The zero-order valence-electron chi connectivity index (χ0n) is 24.7. The Morgan fingerprint density at radius 2 is 1.95 bits per heavy atom. The van der Waals surface area contributed by atoms with Gasteiger partial charge in [0.1, 0.15) is 22.0 Å². The minimum absolute atomic E-state index is 0.0875. The summed E-state index contributed by atoms with van der Waals surface area (Å²) in [6, 6.07) is 13.8. The van der Waals surface area contributed by atoms with Crippen LogP contribution >= 0.6 is 0 Å². The zero-order valence-corrected chi connectivity index (χ0v) is 25.6. The Hall–Kier alpha value is -3.63. The molecule has 0 bridgehead atoms. The molecule has 4 heterocycles. The largest absolute Gasteiger partial charge is 0.351 e. The van der Waals surface area contributed by atoms with Crippen LogP contribution < -0.4 is 4.90 Å². The summed E-state index contributed by atoms with van der Waals surface area (Å²) < 4.78 is 31.6. The number of fused-ring (bicyclic) bond motifs is 4. The van der Waals surface area contributed by atoms with Crippen molar-refractivity contribution in [3.63, 3.8) is 0 Å².